The smallest absolute Gasteiger partial charge is 0.306 e. The summed E-state index contributed by atoms with van der Waals surface area (Å²) in [6.45, 7) is 7.25. The van der Waals surface area contributed by atoms with Crippen molar-refractivity contribution in [2.75, 3.05) is 6.54 Å². The van der Waals surface area contributed by atoms with E-state index in [1.165, 1.54) is 19.3 Å². The van der Waals surface area contributed by atoms with Gasteiger partial charge in [-0.2, -0.15) is 0 Å². The average molecular weight is 229 g/mol. The molecule has 0 aromatic heterocycles. The maximum absolute atomic E-state index is 10.6. The van der Waals surface area contributed by atoms with Crippen LogP contribution in [0.2, 0.25) is 0 Å². The molecule has 2 unspecified atom stereocenters. The number of carboxylic acids is 1. The summed E-state index contributed by atoms with van der Waals surface area (Å²) >= 11 is 0. The van der Waals surface area contributed by atoms with Gasteiger partial charge in [0.2, 0.25) is 0 Å². The minimum atomic E-state index is -0.677. The molecule has 0 fully saturated rings. The van der Waals surface area contributed by atoms with Crippen molar-refractivity contribution in [3.63, 3.8) is 0 Å². The van der Waals surface area contributed by atoms with E-state index in [9.17, 15) is 4.79 Å². The van der Waals surface area contributed by atoms with Gasteiger partial charge in [0.1, 0.15) is 0 Å². The summed E-state index contributed by atoms with van der Waals surface area (Å²) in [6, 6.07) is 0.512. The van der Waals surface area contributed by atoms with Crippen molar-refractivity contribution in [2.24, 2.45) is 5.92 Å². The fourth-order valence-corrected chi connectivity index (χ4v) is 1.68. The Bertz CT molecular complexity index is 183. The van der Waals surface area contributed by atoms with Crippen LogP contribution in [0.1, 0.15) is 59.3 Å². The van der Waals surface area contributed by atoms with Gasteiger partial charge in [-0.15, -0.1) is 0 Å². The largest absolute Gasteiger partial charge is 0.481 e. The molecule has 3 heteroatoms. The van der Waals surface area contributed by atoms with Crippen molar-refractivity contribution in [1.29, 1.82) is 0 Å². The van der Waals surface area contributed by atoms with E-state index in [1.54, 1.807) is 6.92 Å². The first-order chi connectivity index (χ1) is 7.57. The molecule has 0 saturated heterocycles. The van der Waals surface area contributed by atoms with Gasteiger partial charge in [0.05, 0.1) is 5.92 Å². The molecule has 0 spiro atoms. The highest BCUT2D eigenvalue weighted by molar-refractivity contribution is 5.69. The van der Waals surface area contributed by atoms with Gasteiger partial charge in [-0.3, -0.25) is 4.79 Å². The third kappa shape index (κ3) is 8.72. The van der Waals surface area contributed by atoms with Gasteiger partial charge < -0.3 is 10.4 Å². The van der Waals surface area contributed by atoms with Gasteiger partial charge in [-0.05, 0) is 32.7 Å². The van der Waals surface area contributed by atoms with Crippen LogP contribution < -0.4 is 5.32 Å². The number of rotatable bonds is 10. The molecular formula is C13H27NO2. The Hall–Kier alpha value is -0.570. The predicted octanol–water partition coefficient (Wildman–Crippen LogP) is 3.05. The van der Waals surface area contributed by atoms with E-state index in [0.717, 1.165) is 25.8 Å². The van der Waals surface area contributed by atoms with E-state index in [2.05, 4.69) is 19.2 Å². The highest BCUT2D eigenvalue weighted by atomic mass is 16.4. The van der Waals surface area contributed by atoms with Crippen molar-refractivity contribution in [3.8, 4) is 0 Å². The quantitative estimate of drug-likeness (QED) is 0.566. The summed E-state index contributed by atoms with van der Waals surface area (Å²) in [7, 11) is 0. The van der Waals surface area contributed by atoms with Crippen LogP contribution in [-0.4, -0.2) is 23.7 Å². The minimum Gasteiger partial charge on any atom is -0.481 e. The second-order valence-corrected chi connectivity index (χ2v) is 4.73. The molecule has 3 nitrogen and oxygen atoms in total. The summed E-state index contributed by atoms with van der Waals surface area (Å²) in [5.41, 5.74) is 0. The number of nitrogens with one attached hydrogen (secondary N) is 1. The van der Waals surface area contributed by atoms with Gasteiger partial charge in [0.15, 0.2) is 0 Å². The van der Waals surface area contributed by atoms with Crippen LogP contribution in [0, 0.1) is 5.92 Å². The van der Waals surface area contributed by atoms with Crippen molar-refractivity contribution >= 4 is 5.97 Å². The fourth-order valence-electron chi connectivity index (χ4n) is 1.68. The molecular weight excluding hydrogens is 202 g/mol. The fraction of sp³-hybridized carbons (Fsp3) is 0.923. The zero-order valence-corrected chi connectivity index (χ0v) is 11.0. The molecule has 2 N–H and O–H groups in total. The lowest BCUT2D eigenvalue weighted by atomic mass is 10.0. The van der Waals surface area contributed by atoms with Crippen LogP contribution in [0.4, 0.5) is 0 Å². The third-order valence-corrected chi connectivity index (χ3v) is 2.97. The van der Waals surface area contributed by atoms with E-state index < -0.39 is 5.97 Å². The van der Waals surface area contributed by atoms with Gasteiger partial charge in [-0.25, -0.2) is 0 Å². The second-order valence-electron chi connectivity index (χ2n) is 4.73. The van der Waals surface area contributed by atoms with Gasteiger partial charge >= 0.3 is 5.97 Å². The molecule has 16 heavy (non-hydrogen) atoms. The van der Waals surface area contributed by atoms with E-state index in [4.69, 9.17) is 5.11 Å². The molecule has 2 atom stereocenters. The van der Waals surface area contributed by atoms with Crippen molar-refractivity contribution < 1.29 is 9.90 Å². The monoisotopic (exact) mass is 229 g/mol. The number of hydrogen-bond donors (Lipinski definition) is 2. The first-order valence-electron chi connectivity index (χ1n) is 6.54. The maximum atomic E-state index is 10.6. The molecule has 0 aliphatic carbocycles. The van der Waals surface area contributed by atoms with E-state index in [1.807, 2.05) is 0 Å². The lowest BCUT2D eigenvalue weighted by molar-refractivity contribution is -0.141. The summed E-state index contributed by atoms with van der Waals surface area (Å²) in [6.07, 6.45) is 6.64. The van der Waals surface area contributed by atoms with Crippen molar-refractivity contribution in [3.05, 3.63) is 0 Å². The molecule has 0 heterocycles. The number of carboxylic acid groups (broad SMARTS) is 1. The van der Waals surface area contributed by atoms with E-state index in [-0.39, 0.29) is 5.92 Å². The van der Waals surface area contributed by atoms with Crippen LogP contribution >= 0.6 is 0 Å². The van der Waals surface area contributed by atoms with Crippen molar-refractivity contribution in [2.45, 2.75) is 65.3 Å². The molecule has 0 rings (SSSR count). The van der Waals surface area contributed by atoms with Crippen LogP contribution in [0.25, 0.3) is 0 Å². The van der Waals surface area contributed by atoms with Crippen LogP contribution in [-0.2, 0) is 4.79 Å². The average Bonchev–Trinajstić information content (AvgIpc) is 2.24. The van der Waals surface area contributed by atoms with Crippen LogP contribution in [0.3, 0.4) is 0 Å². The summed E-state index contributed by atoms with van der Waals surface area (Å²) in [5, 5.41) is 12.2. The molecule has 0 radical (unpaired) electrons. The third-order valence-electron chi connectivity index (χ3n) is 2.97. The molecule has 0 aromatic rings. The molecule has 0 amide bonds. The summed E-state index contributed by atoms with van der Waals surface area (Å²) in [4.78, 5) is 10.6. The lowest BCUT2D eigenvalue weighted by Gasteiger charge is -2.14. The molecule has 96 valence electrons. The molecule has 0 bridgehead atoms. The minimum absolute atomic E-state index is 0.202. The first kappa shape index (κ1) is 15.4. The van der Waals surface area contributed by atoms with Gasteiger partial charge in [0, 0.05) is 6.04 Å². The number of unbranched alkanes of at least 4 members (excludes halogenated alkanes) is 2. The molecule has 0 aliphatic rings. The Morgan fingerprint density at radius 1 is 1.19 bits per heavy atom. The Kier molecular flexibility index (Phi) is 9.30. The van der Waals surface area contributed by atoms with Crippen molar-refractivity contribution in [1.82, 2.24) is 5.32 Å². The highest BCUT2D eigenvalue weighted by Gasteiger charge is 2.10. The Labute approximate surface area is 99.6 Å². The van der Waals surface area contributed by atoms with E-state index in [0.29, 0.717) is 6.04 Å². The topological polar surface area (TPSA) is 49.3 Å². The number of carbonyl (C=O) groups is 1. The zero-order chi connectivity index (χ0) is 12.4. The van der Waals surface area contributed by atoms with Gasteiger partial charge in [0.25, 0.3) is 0 Å². The normalized spacial score (nSPS) is 14.7. The first-order valence-corrected chi connectivity index (χ1v) is 6.54. The van der Waals surface area contributed by atoms with Gasteiger partial charge in [-0.1, -0.05) is 33.1 Å². The van der Waals surface area contributed by atoms with Crippen LogP contribution in [0.15, 0.2) is 0 Å². The maximum Gasteiger partial charge on any atom is 0.306 e. The molecule has 0 aliphatic heterocycles. The highest BCUT2D eigenvalue weighted by Crippen LogP contribution is 2.09. The molecule has 0 aromatic carbocycles. The second kappa shape index (κ2) is 9.64. The van der Waals surface area contributed by atoms with E-state index >= 15 is 0 Å². The Morgan fingerprint density at radius 2 is 1.88 bits per heavy atom. The Balaban J connectivity index is 3.36. The predicted molar refractivity (Wildman–Crippen MR) is 67.6 cm³/mol. The summed E-state index contributed by atoms with van der Waals surface area (Å²) < 4.78 is 0. The number of aliphatic carboxylic acids is 1. The Morgan fingerprint density at radius 3 is 2.44 bits per heavy atom. The SMILES string of the molecule is CCCCCNC(C)CCCC(C)C(=O)O. The number of hydrogen-bond acceptors (Lipinski definition) is 2. The lowest BCUT2D eigenvalue weighted by Crippen LogP contribution is -2.27. The molecule has 0 saturated carbocycles. The zero-order valence-electron chi connectivity index (χ0n) is 11.0. The van der Waals surface area contributed by atoms with Crippen LogP contribution in [0.5, 0.6) is 0 Å². The standard InChI is InChI=1S/C13H27NO2/c1-4-5-6-10-14-12(3)9-7-8-11(2)13(15)16/h11-12,14H,4-10H2,1-3H3,(H,15,16). The summed E-state index contributed by atoms with van der Waals surface area (Å²) in [5.74, 6) is -0.879.